The molecule has 2 fully saturated rings. The third-order valence-corrected chi connectivity index (χ3v) is 10.5. The minimum atomic E-state index is -0.840. The summed E-state index contributed by atoms with van der Waals surface area (Å²) in [6.07, 6.45) is 9.22. The summed E-state index contributed by atoms with van der Waals surface area (Å²) in [5.74, 6) is -0.756. The maximum Gasteiger partial charge on any atom is 0.303 e. The molecule has 11 heteroatoms. The molecule has 3 atom stereocenters. The van der Waals surface area contributed by atoms with Crippen molar-refractivity contribution >= 4 is 68.9 Å². The zero-order valence-electron chi connectivity index (χ0n) is 23.7. The Morgan fingerprint density at radius 1 is 1.12 bits per heavy atom. The van der Waals surface area contributed by atoms with Crippen LogP contribution in [0, 0.1) is 5.92 Å². The fourth-order valence-electron chi connectivity index (χ4n) is 6.65. The topological polar surface area (TPSA) is 105 Å². The average molecular weight is 640 g/mol. The number of thiazole rings is 1. The first-order chi connectivity index (χ1) is 20.7. The Balaban J connectivity index is 1.21. The van der Waals surface area contributed by atoms with E-state index in [2.05, 4.69) is 10.3 Å². The summed E-state index contributed by atoms with van der Waals surface area (Å²) in [5, 5.41) is 14.3. The van der Waals surface area contributed by atoms with Crippen molar-refractivity contribution in [2.75, 3.05) is 5.32 Å². The highest BCUT2D eigenvalue weighted by molar-refractivity contribution is 7.11. The zero-order chi connectivity index (χ0) is 30.2. The van der Waals surface area contributed by atoms with E-state index in [-0.39, 0.29) is 36.7 Å². The van der Waals surface area contributed by atoms with E-state index in [9.17, 15) is 14.4 Å². The lowest BCUT2D eigenvalue weighted by molar-refractivity contribution is -0.137. The number of carboxylic acid groups (broad SMARTS) is 1. The Morgan fingerprint density at radius 2 is 1.91 bits per heavy atom. The standard InChI is InChI=1S/C32H32Cl2N4O4S/c1-37-17-22(21-7-3-5-9-27(21)37)31(42)36-25-15-23(33)19(12-24(25)34)14-29(39)38-26-8-4-2-6-18(26)13-28(38)32-35-16-20(43-32)10-11-30(40)41/h3,5,7,9,12,15-18,26,28H,2,4,6,8,10-11,13-14H2,1H3,(H,36,42)(H,40,41)/t18-,26-,28-/m0/s1. The molecular formula is C32H32Cl2N4O4S. The summed E-state index contributed by atoms with van der Waals surface area (Å²) in [6.45, 7) is 0. The van der Waals surface area contributed by atoms with E-state index < -0.39 is 5.97 Å². The van der Waals surface area contributed by atoms with Gasteiger partial charge < -0.3 is 19.9 Å². The lowest BCUT2D eigenvalue weighted by Crippen LogP contribution is -2.41. The van der Waals surface area contributed by atoms with Crippen LogP contribution in [0.1, 0.15) is 70.4 Å². The van der Waals surface area contributed by atoms with Crippen LogP contribution < -0.4 is 5.32 Å². The molecule has 1 aliphatic heterocycles. The molecule has 2 N–H and O–H groups in total. The van der Waals surface area contributed by atoms with Crippen molar-refractivity contribution in [3.05, 3.63) is 79.8 Å². The second kappa shape index (κ2) is 12.3. The summed E-state index contributed by atoms with van der Waals surface area (Å²) in [7, 11) is 1.89. The van der Waals surface area contributed by atoms with Gasteiger partial charge in [0.25, 0.3) is 5.91 Å². The number of fused-ring (bicyclic) bond motifs is 2. The predicted octanol–water partition coefficient (Wildman–Crippen LogP) is 7.29. The van der Waals surface area contributed by atoms with Gasteiger partial charge in [0.2, 0.25) is 5.91 Å². The zero-order valence-corrected chi connectivity index (χ0v) is 26.0. The van der Waals surface area contributed by atoms with Crippen molar-refractivity contribution < 1.29 is 19.5 Å². The number of carbonyl (C=O) groups is 3. The number of nitrogens with one attached hydrogen (secondary N) is 1. The minimum Gasteiger partial charge on any atom is -0.481 e. The number of aryl methyl sites for hydroxylation is 2. The van der Waals surface area contributed by atoms with E-state index in [0.717, 1.165) is 52.9 Å². The van der Waals surface area contributed by atoms with Gasteiger partial charge in [0.05, 0.1) is 35.2 Å². The molecule has 4 aromatic rings. The molecule has 2 aromatic carbocycles. The quantitative estimate of drug-likeness (QED) is 0.211. The number of rotatable bonds is 8. The monoisotopic (exact) mass is 638 g/mol. The Kier molecular flexibility index (Phi) is 8.49. The van der Waals surface area contributed by atoms with Crippen molar-refractivity contribution in [3.63, 3.8) is 0 Å². The Labute approximate surface area is 263 Å². The average Bonchev–Trinajstić information content (AvgIpc) is 3.70. The Morgan fingerprint density at radius 3 is 2.72 bits per heavy atom. The third-order valence-electron chi connectivity index (χ3n) is 8.69. The molecule has 0 bridgehead atoms. The molecule has 0 radical (unpaired) electrons. The summed E-state index contributed by atoms with van der Waals surface area (Å²) < 4.78 is 1.90. The van der Waals surface area contributed by atoms with Crippen LogP contribution in [-0.2, 0) is 29.5 Å². The minimum absolute atomic E-state index is 0.0350. The first kappa shape index (κ1) is 29.7. The van der Waals surface area contributed by atoms with Gasteiger partial charge in [-0.15, -0.1) is 11.3 Å². The number of amides is 2. The van der Waals surface area contributed by atoms with E-state index in [4.69, 9.17) is 28.3 Å². The number of aromatic nitrogens is 2. The van der Waals surface area contributed by atoms with Gasteiger partial charge in [0.1, 0.15) is 5.01 Å². The lowest BCUT2D eigenvalue weighted by atomic mass is 9.84. The molecular weight excluding hydrogens is 607 g/mol. The molecule has 1 saturated heterocycles. The number of benzene rings is 2. The van der Waals surface area contributed by atoms with Gasteiger partial charge in [0, 0.05) is 46.3 Å². The van der Waals surface area contributed by atoms with Crippen LogP contribution in [0.5, 0.6) is 0 Å². The number of hydrogen-bond donors (Lipinski definition) is 2. The molecule has 224 valence electrons. The smallest absolute Gasteiger partial charge is 0.303 e. The van der Waals surface area contributed by atoms with E-state index in [0.29, 0.717) is 39.2 Å². The summed E-state index contributed by atoms with van der Waals surface area (Å²) >= 11 is 14.8. The second-order valence-corrected chi connectivity index (χ2v) is 13.4. The van der Waals surface area contributed by atoms with Gasteiger partial charge in [-0.3, -0.25) is 14.4 Å². The van der Waals surface area contributed by atoms with E-state index in [1.54, 1.807) is 24.5 Å². The first-order valence-electron chi connectivity index (χ1n) is 14.5. The molecule has 43 heavy (non-hydrogen) atoms. The number of anilines is 1. The van der Waals surface area contributed by atoms with Crippen LogP contribution in [0.3, 0.4) is 0 Å². The van der Waals surface area contributed by atoms with E-state index in [1.807, 2.05) is 40.8 Å². The van der Waals surface area contributed by atoms with Gasteiger partial charge in [-0.25, -0.2) is 4.98 Å². The van der Waals surface area contributed by atoms with Crippen LogP contribution >= 0.6 is 34.5 Å². The number of carboxylic acids is 1. The Bertz CT molecular complexity index is 1720. The highest BCUT2D eigenvalue weighted by atomic mass is 35.5. The normalized spacial score (nSPS) is 19.9. The molecule has 1 saturated carbocycles. The van der Waals surface area contributed by atoms with Gasteiger partial charge >= 0.3 is 5.97 Å². The second-order valence-electron chi connectivity index (χ2n) is 11.4. The van der Waals surface area contributed by atoms with Crippen molar-refractivity contribution in [1.29, 1.82) is 0 Å². The number of nitrogens with zero attached hydrogens (tertiary/aromatic N) is 3. The number of hydrogen-bond acceptors (Lipinski definition) is 5. The number of halogens is 2. The van der Waals surface area contributed by atoms with E-state index in [1.165, 1.54) is 11.3 Å². The maximum absolute atomic E-state index is 14.0. The number of para-hydroxylation sites is 1. The van der Waals surface area contributed by atoms with Crippen molar-refractivity contribution in [2.45, 2.75) is 63.5 Å². The van der Waals surface area contributed by atoms with Gasteiger partial charge in [-0.05, 0) is 55.4 Å². The van der Waals surface area contributed by atoms with Crippen LogP contribution in [0.25, 0.3) is 10.9 Å². The van der Waals surface area contributed by atoms with Gasteiger partial charge in [-0.2, -0.15) is 0 Å². The predicted molar refractivity (Wildman–Crippen MR) is 169 cm³/mol. The Hall–Kier alpha value is -3.40. The summed E-state index contributed by atoms with van der Waals surface area (Å²) in [4.78, 5) is 45.8. The van der Waals surface area contributed by atoms with Crippen molar-refractivity contribution in [3.8, 4) is 0 Å². The number of aliphatic carboxylic acids is 1. The largest absolute Gasteiger partial charge is 0.481 e. The van der Waals surface area contributed by atoms with Crippen molar-refractivity contribution in [1.82, 2.24) is 14.5 Å². The highest BCUT2D eigenvalue weighted by Gasteiger charge is 2.46. The molecule has 3 heterocycles. The SMILES string of the molecule is Cn1cc(C(=O)Nc2cc(Cl)c(CC(=O)N3[C@H](c4ncc(CCC(=O)O)s4)C[C@@H]4CCCC[C@@H]43)cc2Cl)c2ccccc21. The molecule has 0 unspecified atom stereocenters. The van der Waals surface area contributed by atoms with Crippen LogP contribution in [0.2, 0.25) is 10.0 Å². The van der Waals surface area contributed by atoms with Gasteiger partial charge in [-0.1, -0.05) is 54.2 Å². The number of likely N-dealkylation sites (tertiary alicyclic amines) is 1. The highest BCUT2D eigenvalue weighted by Crippen LogP contribution is 2.47. The summed E-state index contributed by atoms with van der Waals surface area (Å²) in [6, 6.07) is 10.9. The summed E-state index contributed by atoms with van der Waals surface area (Å²) in [5.41, 5.74) is 2.45. The first-order valence-corrected chi connectivity index (χ1v) is 16.1. The molecule has 6 rings (SSSR count). The fourth-order valence-corrected chi connectivity index (χ4v) is 8.14. The fraction of sp³-hybridized carbons (Fsp3) is 0.375. The van der Waals surface area contributed by atoms with Crippen LogP contribution in [-0.4, -0.2) is 43.4 Å². The lowest BCUT2D eigenvalue weighted by Gasteiger charge is -2.33. The third kappa shape index (κ3) is 6.03. The molecule has 1 aliphatic carbocycles. The molecule has 2 aliphatic rings. The molecule has 2 amide bonds. The molecule has 0 spiro atoms. The van der Waals surface area contributed by atoms with E-state index >= 15 is 0 Å². The molecule has 8 nitrogen and oxygen atoms in total. The number of carbonyl (C=O) groups excluding carboxylic acids is 2. The van der Waals surface area contributed by atoms with Crippen LogP contribution in [0.15, 0.2) is 48.8 Å². The molecule has 2 aromatic heterocycles. The van der Waals surface area contributed by atoms with Gasteiger partial charge in [0.15, 0.2) is 0 Å². The maximum atomic E-state index is 14.0. The van der Waals surface area contributed by atoms with Crippen LogP contribution in [0.4, 0.5) is 5.69 Å². The van der Waals surface area contributed by atoms with Crippen molar-refractivity contribution in [2.24, 2.45) is 13.0 Å².